The van der Waals surface area contributed by atoms with Gasteiger partial charge < -0.3 is 14.2 Å². The molecule has 0 amide bonds. The van der Waals surface area contributed by atoms with E-state index in [9.17, 15) is 9.59 Å². The van der Waals surface area contributed by atoms with E-state index in [1.807, 2.05) is 67.6 Å². The van der Waals surface area contributed by atoms with Crippen molar-refractivity contribution in [1.82, 2.24) is 9.55 Å². The van der Waals surface area contributed by atoms with E-state index in [0.717, 1.165) is 5.56 Å². The molecule has 1 unspecified atom stereocenters. The van der Waals surface area contributed by atoms with Gasteiger partial charge in [0.25, 0.3) is 5.56 Å². The zero-order valence-corrected chi connectivity index (χ0v) is 19.8. The Morgan fingerprint density at radius 2 is 1.66 bits per heavy atom. The van der Waals surface area contributed by atoms with Crippen LogP contribution in [-0.2, 0) is 22.5 Å². The quantitative estimate of drug-likeness (QED) is 0.320. The van der Waals surface area contributed by atoms with E-state index in [0.29, 0.717) is 47.8 Å². The molecule has 0 bridgehead atoms. The van der Waals surface area contributed by atoms with E-state index in [4.69, 9.17) is 14.2 Å². The van der Waals surface area contributed by atoms with Crippen molar-refractivity contribution in [3.63, 3.8) is 0 Å². The van der Waals surface area contributed by atoms with Crippen molar-refractivity contribution in [3.05, 3.63) is 101 Å². The number of hydrogen-bond acceptors (Lipinski definition) is 6. The zero-order chi connectivity index (χ0) is 24.6. The first kappa shape index (κ1) is 24.0. The number of hydrogen-bond donors (Lipinski definition) is 0. The van der Waals surface area contributed by atoms with E-state index in [1.54, 1.807) is 29.7 Å². The van der Waals surface area contributed by atoms with Gasteiger partial charge in [0.2, 0.25) is 0 Å². The van der Waals surface area contributed by atoms with E-state index in [1.165, 1.54) is 0 Å². The summed E-state index contributed by atoms with van der Waals surface area (Å²) in [6.45, 7) is 4.59. The molecule has 0 aliphatic rings. The molecule has 0 N–H and O–H groups in total. The Hall–Kier alpha value is -4.13. The van der Waals surface area contributed by atoms with Gasteiger partial charge in [-0.3, -0.25) is 9.36 Å². The fourth-order valence-electron chi connectivity index (χ4n) is 3.80. The summed E-state index contributed by atoms with van der Waals surface area (Å²) < 4.78 is 18.6. The van der Waals surface area contributed by atoms with Crippen molar-refractivity contribution in [2.75, 3.05) is 13.2 Å². The average molecular weight is 473 g/mol. The molecule has 4 rings (SSSR count). The Morgan fingerprint density at radius 3 is 2.40 bits per heavy atom. The van der Waals surface area contributed by atoms with Crippen LogP contribution in [-0.4, -0.2) is 34.8 Å². The minimum Gasteiger partial charge on any atom is -0.492 e. The first-order valence-electron chi connectivity index (χ1n) is 11.6. The topological polar surface area (TPSA) is 79.7 Å². The Balaban J connectivity index is 1.38. The number of rotatable bonds is 10. The summed E-state index contributed by atoms with van der Waals surface area (Å²) in [5.74, 6) is 1.53. The van der Waals surface area contributed by atoms with Crippen LogP contribution in [0.25, 0.3) is 10.9 Å². The number of ether oxygens (including phenoxy) is 3. The highest BCUT2D eigenvalue weighted by Crippen LogP contribution is 2.18. The van der Waals surface area contributed by atoms with Crippen molar-refractivity contribution in [2.24, 2.45) is 0 Å². The second kappa shape index (κ2) is 11.3. The van der Waals surface area contributed by atoms with Crippen LogP contribution in [0, 0.1) is 6.92 Å². The maximum absolute atomic E-state index is 12.8. The summed E-state index contributed by atoms with van der Waals surface area (Å²) in [6.07, 6.45) is -0.384. The molecule has 0 aliphatic carbocycles. The number of aryl methyl sites for hydroxylation is 1. The van der Waals surface area contributed by atoms with Gasteiger partial charge >= 0.3 is 5.97 Å². The van der Waals surface area contributed by atoms with Crippen LogP contribution in [0.4, 0.5) is 0 Å². The molecule has 0 aliphatic heterocycles. The van der Waals surface area contributed by atoms with Crippen LogP contribution in [0.2, 0.25) is 0 Å². The number of fused-ring (bicyclic) bond motifs is 1. The predicted molar refractivity (Wildman–Crippen MR) is 134 cm³/mol. The first-order valence-corrected chi connectivity index (χ1v) is 11.6. The van der Waals surface area contributed by atoms with Crippen molar-refractivity contribution in [3.8, 4) is 11.5 Å². The van der Waals surface area contributed by atoms with Gasteiger partial charge in [-0.25, -0.2) is 9.78 Å². The van der Waals surface area contributed by atoms with E-state index in [2.05, 4.69) is 4.98 Å². The largest absolute Gasteiger partial charge is 0.492 e. The summed E-state index contributed by atoms with van der Waals surface area (Å²) in [6, 6.07) is 24.0. The molecule has 0 radical (unpaired) electrons. The van der Waals surface area contributed by atoms with Gasteiger partial charge in [0.05, 0.1) is 24.1 Å². The number of carbonyl (C=O) groups is 1. The standard InChI is InChI=1S/C28H28N2O5/c1-3-33-28(32)26(35-23-9-5-4-6-10-23)19-21-13-15-22(16-14-21)34-18-17-30-20(2)29-25-12-8-7-11-24(25)27(30)31/h4-16,26H,3,17-19H2,1-2H3. The molecule has 3 aromatic carbocycles. The summed E-state index contributed by atoms with van der Waals surface area (Å²) in [7, 11) is 0. The fourth-order valence-corrected chi connectivity index (χ4v) is 3.80. The van der Waals surface area contributed by atoms with Crippen molar-refractivity contribution >= 4 is 16.9 Å². The molecular weight excluding hydrogens is 444 g/mol. The third-order valence-corrected chi connectivity index (χ3v) is 5.55. The molecule has 1 heterocycles. The SMILES string of the molecule is CCOC(=O)C(Cc1ccc(OCCn2c(C)nc3ccccc3c2=O)cc1)Oc1ccccc1. The average Bonchev–Trinajstić information content (AvgIpc) is 2.87. The molecule has 7 heteroatoms. The first-order chi connectivity index (χ1) is 17.0. The Morgan fingerprint density at radius 1 is 0.943 bits per heavy atom. The summed E-state index contributed by atoms with van der Waals surface area (Å²) in [4.78, 5) is 29.7. The van der Waals surface area contributed by atoms with Crippen molar-refractivity contribution < 1.29 is 19.0 Å². The number of nitrogens with zero attached hydrogens (tertiary/aromatic N) is 2. The third-order valence-electron chi connectivity index (χ3n) is 5.55. The number of para-hydroxylation sites is 2. The van der Waals surface area contributed by atoms with E-state index in [-0.39, 0.29) is 12.2 Å². The number of esters is 1. The Kier molecular flexibility index (Phi) is 7.77. The molecule has 180 valence electrons. The van der Waals surface area contributed by atoms with Crippen molar-refractivity contribution in [1.29, 1.82) is 0 Å². The summed E-state index contributed by atoms with van der Waals surface area (Å²) >= 11 is 0. The predicted octanol–water partition coefficient (Wildman–Crippen LogP) is 4.34. The molecular formula is C28H28N2O5. The molecule has 0 saturated carbocycles. The molecule has 7 nitrogen and oxygen atoms in total. The minimum absolute atomic E-state index is 0.0736. The highest BCUT2D eigenvalue weighted by molar-refractivity contribution is 5.77. The lowest BCUT2D eigenvalue weighted by Crippen LogP contribution is -2.31. The van der Waals surface area contributed by atoms with Crippen LogP contribution in [0.15, 0.2) is 83.7 Å². The van der Waals surface area contributed by atoms with Crippen LogP contribution in [0.3, 0.4) is 0 Å². The van der Waals surface area contributed by atoms with Crippen LogP contribution < -0.4 is 15.0 Å². The lowest BCUT2D eigenvalue weighted by atomic mass is 10.1. The van der Waals surface area contributed by atoms with E-state index >= 15 is 0 Å². The monoisotopic (exact) mass is 472 g/mol. The van der Waals surface area contributed by atoms with Gasteiger partial charge in [0.15, 0.2) is 6.10 Å². The number of aromatic nitrogens is 2. The lowest BCUT2D eigenvalue weighted by molar-refractivity contribution is -0.151. The lowest BCUT2D eigenvalue weighted by Gasteiger charge is -2.18. The summed E-state index contributed by atoms with van der Waals surface area (Å²) in [5, 5.41) is 0.594. The van der Waals surface area contributed by atoms with Gasteiger partial charge in [-0.2, -0.15) is 0 Å². The van der Waals surface area contributed by atoms with Gasteiger partial charge in [-0.05, 0) is 55.8 Å². The fraction of sp³-hybridized carbons (Fsp3) is 0.250. The van der Waals surface area contributed by atoms with Crippen molar-refractivity contribution in [2.45, 2.75) is 32.9 Å². The van der Waals surface area contributed by atoms with Gasteiger partial charge in [-0.15, -0.1) is 0 Å². The Labute approximate surface area is 203 Å². The maximum Gasteiger partial charge on any atom is 0.347 e. The van der Waals surface area contributed by atoms with E-state index < -0.39 is 12.1 Å². The maximum atomic E-state index is 12.8. The number of carbonyl (C=O) groups excluding carboxylic acids is 1. The van der Waals surface area contributed by atoms with Gasteiger partial charge in [-0.1, -0.05) is 42.5 Å². The molecule has 0 fully saturated rings. The molecule has 0 spiro atoms. The molecule has 4 aromatic rings. The molecule has 1 atom stereocenters. The highest BCUT2D eigenvalue weighted by Gasteiger charge is 2.22. The third kappa shape index (κ3) is 6.06. The number of benzene rings is 3. The Bertz CT molecular complexity index is 1330. The minimum atomic E-state index is -0.751. The molecule has 1 aromatic heterocycles. The smallest absolute Gasteiger partial charge is 0.347 e. The zero-order valence-electron chi connectivity index (χ0n) is 19.8. The normalized spacial score (nSPS) is 11.7. The van der Waals surface area contributed by atoms with Gasteiger partial charge in [0.1, 0.15) is 23.9 Å². The van der Waals surface area contributed by atoms with Crippen LogP contribution in [0.5, 0.6) is 11.5 Å². The van der Waals surface area contributed by atoms with Crippen LogP contribution in [0.1, 0.15) is 18.3 Å². The van der Waals surface area contributed by atoms with Gasteiger partial charge in [0, 0.05) is 6.42 Å². The highest BCUT2D eigenvalue weighted by atomic mass is 16.6. The second-order valence-corrected chi connectivity index (χ2v) is 8.00. The molecule has 0 saturated heterocycles. The molecule has 35 heavy (non-hydrogen) atoms. The second-order valence-electron chi connectivity index (χ2n) is 8.00. The van der Waals surface area contributed by atoms with Crippen LogP contribution >= 0.6 is 0 Å². The summed E-state index contributed by atoms with van der Waals surface area (Å²) in [5.41, 5.74) is 1.53.